The zero-order chi connectivity index (χ0) is 15.9. The molecule has 0 bridgehead atoms. The lowest BCUT2D eigenvalue weighted by Gasteiger charge is -2.24. The van der Waals surface area contributed by atoms with E-state index in [0.717, 1.165) is 11.3 Å². The van der Waals surface area contributed by atoms with Crippen LogP contribution in [0, 0.1) is 0 Å². The summed E-state index contributed by atoms with van der Waals surface area (Å²) < 4.78 is 5.88. The molecule has 1 unspecified atom stereocenters. The van der Waals surface area contributed by atoms with Crippen molar-refractivity contribution in [3.8, 4) is 5.75 Å². The minimum atomic E-state index is -0.768. The standard InChI is InChI=1S/C17H19N3O2/c1-20(2)11-5-3-10(4-6-11)15-9-14(21)12-7-8-13(18)16(19)17(12)22-15/h3-9,14,21H,18-19H2,1-2H3. The Morgan fingerprint density at radius 1 is 1.05 bits per heavy atom. The van der Waals surface area contributed by atoms with Gasteiger partial charge in [0.25, 0.3) is 0 Å². The minimum absolute atomic E-state index is 0.354. The lowest BCUT2D eigenvalue weighted by Crippen LogP contribution is -2.12. The number of hydrogen-bond acceptors (Lipinski definition) is 5. The first-order valence-electron chi connectivity index (χ1n) is 7.00. The SMILES string of the molecule is CN(C)c1ccc(C2=CC(O)c3ccc(N)c(N)c3O2)cc1. The second-order valence-corrected chi connectivity index (χ2v) is 5.51. The van der Waals surface area contributed by atoms with E-state index in [1.807, 2.05) is 43.3 Å². The maximum Gasteiger partial charge on any atom is 0.158 e. The van der Waals surface area contributed by atoms with Crippen LogP contribution in [0.4, 0.5) is 17.1 Å². The minimum Gasteiger partial charge on any atom is -0.454 e. The number of benzene rings is 2. The highest BCUT2D eigenvalue weighted by Crippen LogP contribution is 2.42. The van der Waals surface area contributed by atoms with E-state index in [0.29, 0.717) is 28.4 Å². The molecule has 114 valence electrons. The largest absolute Gasteiger partial charge is 0.454 e. The van der Waals surface area contributed by atoms with Gasteiger partial charge in [0.05, 0.1) is 11.4 Å². The van der Waals surface area contributed by atoms with Gasteiger partial charge in [-0.25, -0.2) is 0 Å². The molecule has 5 nitrogen and oxygen atoms in total. The molecule has 3 rings (SSSR count). The Bertz CT molecular complexity index is 736. The summed E-state index contributed by atoms with van der Waals surface area (Å²) in [5.74, 6) is 1.00. The summed E-state index contributed by atoms with van der Waals surface area (Å²) in [6.07, 6.45) is 0.901. The van der Waals surface area contributed by atoms with Crippen LogP contribution in [-0.2, 0) is 0 Å². The van der Waals surface area contributed by atoms with Crippen LogP contribution in [0.2, 0.25) is 0 Å². The van der Waals surface area contributed by atoms with Gasteiger partial charge in [-0.05, 0) is 36.4 Å². The van der Waals surface area contributed by atoms with E-state index in [-0.39, 0.29) is 0 Å². The van der Waals surface area contributed by atoms with E-state index < -0.39 is 6.10 Å². The first-order chi connectivity index (χ1) is 10.5. The molecule has 0 radical (unpaired) electrons. The van der Waals surface area contributed by atoms with Crippen LogP contribution in [0.15, 0.2) is 42.5 Å². The van der Waals surface area contributed by atoms with Gasteiger partial charge in [0.15, 0.2) is 5.75 Å². The first-order valence-corrected chi connectivity index (χ1v) is 7.00. The third-order valence-corrected chi connectivity index (χ3v) is 3.77. The second-order valence-electron chi connectivity index (χ2n) is 5.51. The molecule has 2 aromatic carbocycles. The van der Waals surface area contributed by atoms with Gasteiger partial charge < -0.3 is 26.2 Å². The molecule has 1 atom stereocenters. The molecule has 0 saturated carbocycles. The Balaban J connectivity index is 1.98. The quantitative estimate of drug-likeness (QED) is 0.741. The molecule has 2 aromatic rings. The second kappa shape index (κ2) is 5.27. The van der Waals surface area contributed by atoms with Crippen LogP contribution in [0.1, 0.15) is 17.2 Å². The molecular formula is C17H19N3O2. The van der Waals surface area contributed by atoms with Crippen molar-refractivity contribution in [2.75, 3.05) is 30.5 Å². The summed E-state index contributed by atoms with van der Waals surface area (Å²) in [5, 5.41) is 10.3. The molecule has 1 heterocycles. The molecule has 5 N–H and O–H groups in total. The van der Waals surface area contributed by atoms with Gasteiger partial charge in [0, 0.05) is 30.9 Å². The topological polar surface area (TPSA) is 84.7 Å². The van der Waals surface area contributed by atoms with Gasteiger partial charge >= 0.3 is 0 Å². The highest BCUT2D eigenvalue weighted by molar-refractivity contribution is 5.78. The molecule has 22 heavy (non-hydrogen) atoms. The van der Waals surface area contributed by atoms with Crippen LogP contribution in [-0.4, -0.2) is 19.2 Å². The number of ether oxygens (including phenoxy) is 1. The summed E-state index contributed by atoms with van der Waals surface area (Å²) in [6, 6.07) is 11.3. The fourth-order valence-electron chi connectivity index (χ4n) is 2.43. The number of fused-ring (bicyclic) bond motifs is 1. The predicted octanol–water partition coefficient (Wildman–Crippen LogP) is 2.38. The lowest BCUT2D eigenvalue weighted by molar-refractivity contribution is 0.217. The van der Waals surface area contributed by atoms with Crippen molar-refractivity contribution < 1.29 is 9.84 Å². The smallest absolute Gasteiger partial charge is 0.158 e. The molecular weight excluding hydrogens is 278 g/mol. The first kappa shape index (κ1) is 14.3. The lowest BCUT2D eigenvalue weighted by atomic mass is 10.0. The number of aliphatic hydroxyl groups is 1. The molecule has 0 fully saturated rings. The average Bonchev–Trinajstić information content (AvgIpc) is 2.51. The molecule has 0 amide bonds. The maximum atomic E-state index is 10.3. The van der Waals surface area contributed by atoms with Crippen LogP contribution in [0.3, 0.4) is 0 Å². The number of aliphatic hydroxyl groups excluding tert-OH is 1. The predicted molar refractivity (Wildman–Crippen MR) is 89.6 cm³/mol. The molecule has 1 aliphatic rings. The van der Waals surface area contributed by atoms with Gasteiger partial charge in [-0.2, -0.15) is 0 Å². The Morgan fingerprint density at radius 3 is 2.36 bits per heavy atom. The maximum absolute atomic E-state index is 10.3. The van der Waals surface area contributed by atoms with Crippen LogP contribution in [0.5, 0.6) is 5.75 Å². The van der Waals surface area contributed by atoms with Gasteiger partial charge in [-0.3, -0.25) is 0 Å². The van der Waals surface area contributed by atoms with Crippen LogP contribution >= 0.6 is 0 Å². The third-order valence-electron chi connectivity index (χ3n) is 3.77. The highest BCUT2D eigenvalue weighted by atomic mass is 16.5. The Morgan fingerprint density at radius 2 is 1.73 bits per heavy atom. The number of rotatable bonds is 2. The van der Waals surface area contributed by atoms with Crippen molar-refractivity contribution in [2.24, 2.45) is 0 Å². The summed E-state index contributed by atoms with van der Waals surface area (Å²) in [4.78, 5) is 2.02. The van der Waals surface area contributed by atoms with Crippen molar-refractivity contribution in [3.05, 3.63) is 53.6 Å². The molecule has 1 aliphatic heterocycles. The Labute approximate surface area is 129 Å². The molecule has 5 heteroatoms. The molecule has 0 spiro atoms. The number of anilines is 3. The fourth-order valence-corrected chi connectivity index (χ4v) is 2.43. The van der Waals surface area contributed by atoms with Crippen LogP contribution in [0.25, 0.3) is 5.76 Å². The van der Waals surface area contributed by atoms with E-state index in [1.165, 1.54) is 0 Å². The van der Waals surface area contributed by atoms with E-state index in [1.54, 1.807) is 18.2 Å². The van der Waals surface area contributed by atoms with E-state index >= 15 is 0 Å². The normalized spacial score (nSPS) is 16.5. The zero-order valence-electron chi connectivity index (χ0n) is 12.6. The van der Waals surface area contributed by atoms with Crippen molar-refractivity contribution in [1.29, 1.82) is 0 Å². The van der Waals surface area contributed by atoms with E-state index in [4.69, 9.17) is 16.2 Å². The summed E-state index contributed by atoms with van der Waals surface area (Å²) in [7, 11) is 3.96. The molecule has 0 saturated heterocycles. The zero-order valence-corrected chi connectivity index (χ0v) is 12.6. The average molecular weight is 297 g/mol. The van der Waals surface area contributed by atoms with Gasteiger partial charge in [0.1, 0.15) is 11.9 Å². The van der Waals surface area contributed by atoms with Crippen molar-refractivity contribution in [1.82, 2.24) is 0 Å². The van der Waals surface area contributed by atoms with Crippen molar-refractivity contribution in [2.45, 2.75) is 6.10 Å². The van der Waals surface area contributed by atoms with E-state index in [2.05, 4.69) is 0 Å². The number of nitrogen functional groups attached to an aromatic ring is 2. The fraction of sp³-hybridized carbons (Fsp3) is 0.176. The summed E-state index contributed by atoms with van der Waals surface area (Å²) in [6.45, 7) is 0. The molecule has 0 aliphatic carbocycles. The van der Waals surface area contributed by atoms with Crippen molar-refractivity contribution >= 4 is 22.8 Å². The number of nitrogens with two attached hydrogens (primary N) is 2. The number of hydrogen-bond donors (Lipinski definition) is 3. The van der Waals surface area contributed by atoms with Crippen molar-refractivity contribution in [3.63, 3.8) is 0 Å². The Kier molecular flexibility index (Phi) is 3.42. The monoisotopic (exact) mass is 297 g/mol. The van der Waals surface area contributed by atoms with E-state index in [9.17, 15) is 5.11 Å². The van der Waals surface area contributed by atoms with Crippen LogP contribution < -0.4 is 21.1 Å². The van der Waals surface area contributed by atoms with Gasteiger partial charge in [0.2, 0.25) is 0 Å². The summed E-state index contributed by atoms with van der Waals surface area (Å²) >= 11 is 0. The van der Waals surface area contributed by atoms with Gasteiger partial charge in [-0.1, -0.05) is 6.07 Å². The number of nitrogens with zero attached hydrogens (tertiary/aromatic N) is 1. The molecule has 0 aromatic heterocycles. The highest BCUT2D eigenvalue weighted by Gasteiger charge is 2.24. The third kappa shape index (κ3) is 2.35. The van der Waals surface area contributed by atoms with Gasteiger partial charge in [-0.15, -0.1) is 0 Å². The Hall–Kier alpha value is -2.66. The summed E-state index contributed by atoms with van der Waals surface area (Å²) in [5.41, 5.74) is 15.2.